The van der Waals surface area contributed by atoms with Gasteiger partial charge in [-0.15, -0.1) is 0 Å². The van der Waals surface area contributed by atoms with Crippen molar-refractivity contribution in [3.8, 4) is 5.75 Å². The molecule has 1 fully saturated rings. The summed E-state index contributed by atoms with van der Waals surface area (Å²) in [6.45, 7) is 0.794. The van der Waals surface area contributed by atoms with Crippen LogP contribution in [0.4, 0.5) is 0 Å². The van der Waals surface area contributed by atoms with Crippen molar-refractivity contribution in [1.29, 1.82) is 0 Å². The first-order valence-electron chi connectivity index (χ1n) is 7.06. The number of aldehydes is 1. The van der Waals surface area contributed by atoms with Gasteiger partial charge in [0.2, 0.25) is 0 Å². The lowest BCUT2D eigenvalue weighted by Gasteiger charge is -2.20. The molecule has 0 radical (unpaired) electrons. The number of rotatable bonds is 4. The molecular formula is C16H22O2. The van der Waals surface area contributed by atoms with Crippen LogP contribution in [0.25, 0.3) is 0 Å². The predicted octanol–water partition coefficient (Wildman–Crippen LogP) is 4.24. The molecule has 2 nitrogen and oxygen atoms in total. The summed E-state index contributed by atoms with van der Waals surface area (Å²) >= 11 is 0. The molecule has 1 aliphatic rings. The number of carbonyl (C=O) groups is 1. The quantitative estimate of drug-likeness (QED) is 0.743. The highest BCUT2D eigenvalue weighted by atomic mass is 16.5. The lowest BCUT2D eigenvalue weighted by atomic mass is 9.92. The zero-order valence-electron chi connectivity index (χ0n) is 10.9. The number of hydrogen-bond donors (Lipinski definition) is 0. The van der Waals surface area contributed by atoms with Crippen LogP contribution in [0.5, 0.6) is 5.75 Å². The van der Waals surface area contributed by atoms with Crippen molar-refractivity contribution in [1.82, 2.24) is 0 Å². The molecule has 0 aromatic heterocycles. The highest BCUT2D eigenvalue weighted by molar-refractivity contribution is 5.75. The van der Waals surface area contributed by atoms with Gasteiger partial charge in [0.05, 0.1) is 6.61 Å². The predicted molar refractivity (Wildman–Crippen MR) is 73.1 cm³/mol. The van der Waals surface area contributed by atoms with Gasteiger partial charge in [-0.2, -0.15) is 0 Å². The van der Waals surface area contributed by atoms with Crippen LogP contribution in [-0.2, 0) is 0 Å². The zero-order chi connectivity index (χ0) is 12.6. The van der Waals surface area contributed by atoms with E-state index < -0.39 is 0 Å². The van der Waals surface area contributed by atoms with Crippen molar-refractivity contribution in [2.75, 3.05) is 6.61 Å². The minimum atomic E-state index is 0.685. The first-order valence-corrected chi connectivity index (χ1v) is 7.06. The summed E-state index contributed by atoms with van der Waals surface area (Å²) in [6, 6.07) is 7.42. The fourth-order valence-electron chi connectivity index (χ4n) is 2.60. The van der Waals surface area contributed by atoms with E-state index in [1.54, 1.807) is 6.07 Å². The van der Waals surface area contributed by atoms with Crippen LogP contribution in [0.15, 0.2) is 24.3 Å². The molecule has 0 atom stereocenters. The van der Waals surface area contributed by atoms with Gasteiger partial charge in [-0.1, -0.05) is 44.2 Å². The van der Waals surface area contributed by atoms with Crippen molar-refractivity contribution < 1.29 is 9.53 Å². The van der Waals surface area contributed by atoms with Crippen LogP contribution in [0, 0.1) is 5.92 Å². The smallest absolute Gasteiger partial charge is 0.150 e. The first-order chi connectivity index (χ1) is 8.88. The summed E-state index contributed by atoms with van der Waals surface area (Å²) in [4.78, 5) is 10.7. The Labute approximate surface area is 109 Å². The van der Waals surface area contributed by atoms with E-state index in [9.17, 15) is 4.79 Å². The van der Waals surface area contributed by atoms with Crippen molar-refractivity contribution in [2.45, 2.75) is 44.9 Å². The van der Waals surface area contributed by atoms with Gasteiger partial charge < -0.3 is 4.74 Å². The van der Waals surface area contributed by atoms with Crippen LogP contribution < -0.4 is 4.74 Å². The zero-order valence-corrected chi connectivity index (χ0v) is 10.9. The van der Waals surface area contributed by atoms with E-state index in [2.05, 4.69) is 0 Å². The van der Waals surface area contributed by atoms with E-state index in [1.807, 2.05) is 18.2 Å². The molecule has 0 spiro atoms. The number of hydrogen-bond acceptors (Lipinski definition) is 2. The molecule has 0 saturated heterocycles. The second-order valence-electron chi connectivity index (χ2n) is 5.21. The Hall–Kier alpha value is -1.31. The Bertz CT molecular complexity index is 365. The van der Waals surface area contributed by atoms with Crippen molar-refractivity contribution >= 4 is 6.29 Å². The standard InChI is InChI=1S/C16H22O2/c17-12-15-9-6-10-16(11-15)18-13-14-7-4-2-1-3-5-8-14/h6,9-12,14H,1-5,7-8,13H2. The molecule has 1 aliphatic carbocycles. The third-order valence-electron chi connectivity index (χ3n) is 3.70. The van der Waals surface area contributed by atoms with Gasteiger partial charge in [-0.3, -0.25) is 4.79 Å². The normalized spacial score (nSPS) is 17.8. The fourth-order valence-corrected chi connectivity index (χ4v) is 2.60. The summed E-state index contributed by atoms with van der Waals surface area (Å²) in [7, 11) is 0. The van der Waals surface area contributed by atoms with E-state index in [-0.39, 0.29) is 0 Å². The van der Waals surface area contributed by atoms with E-state index in [0.717, 1.165) is 18.6 Å². The average molecular weight is 246 g/mol. The molecule has 0 amide bonds. The molecule has 0 aliphatic heterocycles. The first kappa shape index (κ1) is 13.1. The second-order valence-corrected chi connectivity index (χ2v) is 5.21. The van der Waals surface area contributed by atoms with E-state index in [0.29, 0.717) is 11.5 Å². The highest BCUT2D eigenvalue weighted by Gasteiger charge is 2.12. The van der Waals surface area contributed by atoms with Crippen LogP contribution in [0.1, 0.15) is 55.3 Å². The molecule has 0 bridgehead atoms. The topological polar surface area (TPSA) is 26.3 Å². The van der Waals surface area contributed by atoms with Crippen LogP contribution in [-0.4, -0.2) is 12.9 Å². The van der Waals surface area contributed by atoms with Crippen molar-refractivity contribution in [2.24, 2.45) is 5.92 Å². The Morgan fingerprint density at radius 2 is 1.83 bits per heavy atom. The van der Waals surface area contributed by atoms with Crippen LogP contribution >= 0.6 is 0 Å². The Balaban J connectivity index is 1.83. The summed E-state index contributed by atoms with van der Waals surface area (Å²) in [6.07, 6.45) is 10.2. The van der Waals surface area contributed by atoms with Gasteiger partial charge in [0.1, 0.15) is 12.0 Å². The molecular weight excluding hydrogens is 224 g/mol. The molecule has 2 heteroatoms. The Kier molecular flexibility index (Phi) is 5.25. The third kappa shape index (κ3) is 4.17. The van der Waals surface area contributed by atoms with Gasteiger partial charge in [0.25, 0.3) is 0 Å². The second kappa shape index (κ2) is 7.20. The summed E-state index contributed by atoms with van der Waals surface area (Å²) in [5, 5.41) is 0. The molecule has 0 heterocycles. The molecule has 0 N–H and O–H groups in total. The van der Waals surface area contributed by atoms with Crippen LogP contribution in [0.3, 0.4) is 0 Å². The highest BCUT2D eigenvalue weighted by Crippen LogP contribution is 2.23. The van der Waals surface area contributed by atoms with Gasteiger partial charge in [-0.05, 0) is 30.9 Å². The molecule has 2 rings (SSSR count). The van der Waals surface area contributed by atoms with Crippen molar-refractivity contribution in [3.05, 3.63) is 29.8 Å². The Morgan fingerprint density at radius 3 is 2.56 bits per heavy atom. The monoisotopic (exact) mass is 246 g/mol. The largest absolute Gasteiger partial charge is 0.493 e. The third-order valence-corrected chi connectivity index (χ3v) is 3.70. The minimum Gasteiger partial charge on any atom is -0.493 e. The molecule has 0 unspecified atom stereocenters. The maximum Gasteiger partial charge on any atom is 0.150 e. The van der Waals surface area contributed by atoms with E-state index in [1.165, 1.54) is 44.9 Å². The van der Waals surface area contributed by atoms with E-state index >= 15 is 0 Å². The van der Waals surface area contributed by atoms with Gasteiger partial charge in [-0.25, -0.2) is 0 Å². The summed E-state index contributed by atoms with van der Waals surface area (Å²) < 4.78 is 5.83. The number of carbonyl (C=O) groups excluding carboxylic acids is 1. The number of benzene rings is 1. The minimum absolute atomic E-state index is 0.685. The molecule has 1 aromatic rings. The molecule has 1 aromatic carbocycles. The lowest BCUT2D eigenvalue weighted by Crippen LogP contribution is -2.13. The summed E-state index contributed by atoms with van der Waals surface area (Å²) in [5.41, 5.74) is 0.685. The van der Waals surface area contributed by atoms with E-state index in [4.69, 9.17) is 4.74 Å². The molecule has 18 heavy (non-hydrogen) atoms. The van der Waals surface area contributed by atoms with Crippen LogP contribution in [0.2, 0.25) is 0 Å². The summed E-state index contributed by atoms with van der Waals surface area (Å²) in [5.74, 6) is 1.51. The van der Waals surface area contributed by atoms with Gasteiger partial charge in [0, 0.05) is 5.56 Å². The van der Waals surface area contributed by atoms with Gasteiger partial charge >= 0.3 is 0 Å². The Morgan fingerprint density at radius 1 is 1.11 bits per heavy atom. The number of ether oxygens (including phenoxy) is 1. The maximum absolute atomic E-state index is 10.7. The SMILES string of the molecule is O=Cc1cccc(OCC2CCCCCCC2)c1. The maximum atomic E-state index is 10.7. The fraction of sp³-hybridized carbons (Fsp3) is 0.562. The average Bonchev–Trinajstić information content (AvgIpc) is 2.38. The lowest BCUT2D eigenvalue weighted by molar-refractivity contribution is 0.112. The van der Waals surface area contributed by atoms with Crippen molar-refractivity contribution in [3.63, 3.8) is 0 Å². The molecule has 1 saturated carbocycles. The van der Waals surface area contributed by atoms with Gasteiger partial charge in [0.15, 0.2) is 0 Å². The molecule has 98 valence electrons.